The van der Waals surface area contributed by atoms with Gasteiger partial charge in [-0.1, -0.05) is 39.3 Å². The molecule has 0 aliphatic carbocycles. The van der Waals surface area contributed by atoms with Gasteiger partial charge in [0.05, 0.1) is 11.6 Å². The minimum Gasteiger partial charge on any atom is -0.503 e. The molecule has 0 saturated carbocycles. The fourth-order valence-corrected chi connectivity index (χ4v) is 3.01. The Kier molecular flexibility index (Phi) is 6.18. The first-order valence-electron chi connectivity index (χ1n) is 8.84. The molecule has 1 unspecified atom stereocenters. The monoisotopic (exact) mass is 359 g/mol. The van der Waals surface area contributed by atoms with E-state index in [1.165, 1.54) is 11.8 Å². The first kappa shape index (κ1) is 19.7. The van der Waals surface area contributed by atoms with Crippen molar-refractivity contribution < 1.29 is 24.2 Å². The van der Waals surface area contributed by atoms with E-state index < -0.39 is 23.7 Å². The van der Waals surface area contributed by atoms with Crippen LogP contribution in [0.1, 0.15) is 52.1 Å². The van der Waals surface area contributed by atoms with Crippen molar-refractivity contribution in [2.45, 2.75) is 46.6 Å². The molecule has 26 heavy (non-hydrogen) atoms. The highest BCUT2D eigenvalue weighted by atomic mass is 16.5. The van der Waals surface area contributed by atoms with Crippen LogP contribution in [0.5, 0.6) is 5.75 Å². The summed E-state index contributed by atoms with van der Waals surface area (Å²) >= 11 is 0. The summed E-state index contributed by atoms with van der Waals surface area (Å²) in [5.41, 5.74) is 0.833. The van der Waals surface area contributed by atoms with E-state index in [0.29, 0.717) is 17.9 Å². The second-order valence-electron chi connectivity index (χ2n) is 6.70. The van der Waals surface area contributed by atoms with Crippen molar-refractivity contribution in [1.29, 1.82) is 0 Å². The van der Waals surface area contributed by atoms with Crippen LogP contribution in [0.4, 0.5) is 0 Å². The number of carbonyl (C=O) groups is 3. The molecule has 1 aliphatic rings. The average molecular weight is 359 g/mol. The quantitative estimate of drug-likeness (QED) is 0.596. The predicted molar refractivity (Wildman–Crippen MR) is 96.6 cm³/mol. The van der Waals surface area contributed by atoms with Gasteiger partial charge in [-0.3, -0.25) is 14.4 Å². The number of benzene rings is 1. The minimum absolute atomic E-state index is 0.140. The fourth-order valence-electron chi connectivity index (χ4n) is 3.01. The number of nitrogens with zero attached hydrogens (tertiary/aromatic N) is 1. The van der Waals surface area contributed by atoms with E-state index in [0.717, 1.165) is 12.8 Å². The van der Waals surface area contributed by atoms with E-state index in [4.69, 9.17) is 4.74 Å². The van der Waals surface area contributed by atoms with Crippen LogP contribution < -0.4 is 4.74 Å². The van der Waals surface area contributed by atoms with E-state index in [9.17, 15) is 19.5 Å². The molecule has 0 saturated heterocycles. The molecule has 1 heterocycles. The Morgan fingerprint density at radius 3 is 2.35 bits per heavy atom. The molecule has 1 aromatic carbocycles. The van der Waals surface area contributed by atoms with Crippen LogP contribution in [-0.4, -0.2) is 34.2 Å². The van der Waals surface area contributed by atoms with Gasteiger partial charge < -0.3 is 14.7 Å². The van der Waals surface area contributed by atoms with Gasteiger partial charge >= 0.3 is 5.97 Å². The van der Waals surface area contributed by atoms with Crippen molar-refractivity contribution in [3.05, 3.63) is 41.2 Å². The molecular formula is C20H25NO5. The van der Waals surface area contributed by atoms with E-state index in [2.05, 4.69) is 0 Å². The molecule has 1 amide bonds. The smallest absolute Gasteiger partial charge is 0.308 e. The molecular weight excluding hydrogens is 334 g/mol. The number of aliphatic hydroxyl groups excluding tert-OH is 1. The molecule has 1 aromatic rings. The maximum absolute atomic E-state index is 12.7. The Morgan fingerprint density at radius 2 is 1.85 bits per heavy atom. The second-order valence-corrected chi connectivity index (χ2v) is 6.70. The third kappa shape index (κ3) is 3.95. The normalized spacial score (nSPS) is 17.2. The standard InChI is InChI=1S/C20H25NO5/c1-5-6-11-21-17(14-7-9-15(10-8-14)26-13(4)22)16(18(23)12(2)3)19(24)20(21)25/h7-10,12,17,24H,5-6,11H2,1-4H3. The summed E-state index contributed by atoms with van der Waals surface area (Å²) in [5.74, 6) is -1.61. The van der Waals surface area contributed by atoms with E-state index in [1.54, 1.807) is 38.1 Å². The Labute approximate surface area is 153 Å². The first-order valence-corrected chi connectivity index (χ1v) is 8.84. The summed E-state index contributed by atoms with van der Waals surface area (Å²) in [4.78, 5) is 37.8. The molecule has 1 N–H and O–H groups in total. The van der Waals surface area contributed by atoms with Gasteiger partial charge in [0.2, 0.25) is 0 Å². The zero-order chi connectivity index (χ0) is 19.4. The Hall–Kier alpha value is -2.63. The molecule has 1 aliphatic heterocycles. The first-order chi connectivity index (χ1) is 12.3. The molecule has 0 fully saturated rings. The minimum atomic E-state index is -0.629. The predicted octanol–water partition coefficient (Wildman–Crippen LogP) is 3.33. The summed E-state index contributed by atoms with van der Waals surface area (Å²) < 4.78 is 5.03. The van der Waals surface area contributed by atoms with Gasteiger partial charge in [-0.2, -0.15) is 0 Å². The van der Waals surface area contributed by atoms with Crippen molar-refractivity contribution in [3.8, 4) is 5.75 Å². The second kappa shape index (κ2) is 8.17. The van der Waals surface area contributed by atoms with Gasteiger partial charge in [-0.15, -0.1) is 0 Å². The van der Waals surface area contributed by atoms with Crippen molar-refractivity contribution >= 4 is 17.7 Å². The topological polar surface area (TPSA) is 83.9 Å². The zero-order valence-electron chi connectivity index (χ0n) is 15.6. The zero-order valence-corrected chi connectivity index (χ0v) is 15.6. The lowest BCUT2D eigenvalue weighted by Crippen LogP contribution is -2.32. The lowest BCUT2D eigenvalue weighted by molar-refractivity contribution is -0.132. The summed E-state index contributed by atoms with van der Waals surface area (Å²) in [5, 5.41) is 10.4. The summed E-state index contributed by atoms with van der Waals surface area (Å²) in [6.45, 7) is 7.25. The van der Waals surface area contributed by atoms with Crippen molar-refractivity contribution in [2.75, 3.05) is 6.54 Å². The number of ketones is 1. The number of unbranched alkanes of at least 4 members (excludes halogenated alkanes) is 1. The molecule has 1 atom stereocenters. The van der Waals surface area contributed by atoms with Crippen molar-refractivity contribution in [1.82, 2.24) is 4.90 Å². The number of aliphatic hydroxyl groups is 1. The third-order valence-corrected chi connectivity index (χ3v) is 4.30. The molecule has 2 rings (SSSR count). The Bertz CT molecular complexity index is 733. The lowest BCUT2D eigenvalue weighted by Gasteiger charge is -2.27. The number of esters is 1. The molecule has 140 valence electrons. The van der Waals surface area contributed by atoms with Crippen LogP contribution in [0.2, 0.25) is 0 Å². The van der Waals surface area contributed by atoms with Gasteiger partial charge in [0.15, 0.2) is 11.5 Å². The Morgan fingerprint density at radius 1 is 1.23 bits per heavy atom. The van der Waals surface area contributed by atoms with Gasteiger partial charge in [0.25, 0.3) is 5.91 Å². The number of carbonyl (C=O) groups excluding carboxylic acids is 3. The van der Waals surface area contributed by atoms with Crippen molar-refractivity contribution in [3.63, 3.8) is 0 Å². The molecule has 0 spiro atoms. The van der Waals surface area contributed by atoms with Crippen LogP contribution in [0.15, 0.2) is 35.6 Å². The average Bonchev–Trinajstić information content (AvgIpc) is 2.83. The highest BCUT2D eigenvalue weighted by Gasteiger charge is 2.43. The molecule has 6 nitrogen and oxygen atoms in total. The molecule has 0 aromatic heterocycles. The summed E-state index contributed by atoms with van der Waals surface area (Å²) in [6.07, 6.45) is 1.65. The number of amides is 1. The third-order valence-electron chi connectivity index (χ3n) is 4.30. The SMILES string of the molecule is CCCCN1C(=O)C(O)=C(C(=O)C(C)C)C1c1ccc(OC(C)=O)cc1. The van der Waals surface area contributed by atoms with Crippen LogP contribution in [-0.2, 0) is 14.4 Å². The molecule has 6 heteroatoms. The van der Waals surface area contributed by atoms with E-state index >= 15 is 0 Å². The largest absolute Gasteiger partial charge is 0.503 e. The van der Waals surface area contributed by atoms with E-state index in [1.807, 2.05) is 6.92 Å². The summed E-state index contributed by atoms with van der Waals surface area (Å²) in [6, 6.07) is 6.02. The maximum Gasteiger partial charge on any atom is 0.308 e. The van der Waals surface area contributed by atoms with E-state index in [-0.39, 0.29) is 17.3 Å². The molecule has 0 radical (unpaired) electrons. The number of rotatable bonds is 7. The number of hydrogen-bond acceptors (Lipinski definition) is 5. The fraction of sp³-hybridized carbons (Fsp3) is 0.450. The van der Waals surface area contributed by atoms with Crippen LogP contribution in [0, 0.1) is 5.92 Å². The van der Waals surface area contributed by atoms with Gasteiger partial charge in [0.1, 0.15) is 5.75 Å². The number of ether oxygens (including phenoxy) is 1. The highest BCUT2D eigenvalue weighted by molar-refractivity contribution is 6.09. The maximum atomic E-state index is 12.7. The van der Waals surface area contributed by atoms with Gasteiger partial charge in [-0.05, 0) is 24.1 Å². The van der Waals surface area contributed by atoms with Gasteiger partial charge in [0, 0.05) is 19.4 Å². The highest BCUT2D eigenvalue weighted by Crippen LogP contribution is 2.39. The van der Waals surface area contributed by atoms with Crippen LogP contribution in [0.25, 0.3) is 0 Å². The van der Waals surface area contributed by atoms with Crippen LogP contribution in [0.3, 0.4) is 0 Å². The number of hydrogen-bond donors (Lipinski definition) is 1. The summed E-state index contributed by atoms with van der Waals surface area (Å²) in [7, 11) is 0. The van der Waals surface area contributed by atoms with Gasteiger partial charge in [-0.25, -0.2) is 0 Å². The Balaban J connectivity index is 2.45. The molecule has 0 bridgehead atoms. The number of Topliss-reactive ketones (excluding diaryl/α,β-unsaturated/α-hetero) is 1. The van der Waals surface area contributed by atoms with Crippen molar-refractivity contribution in [2.24, 2.45) is 5.92 Å². The lowest BCUT2D eigenvalue weighted by atomic mass is 9.91. The van der Waals surface area contributed by atoms with Crippen LogP contribution >= 0.6 is 0 Å².